The monoisotopic (exact) mass is 333 g/mol. The van der Waals surface area contributed by atoms with Crippen LogP contribution in [0.1, 0.15) is 69.3 Å². The van der Waals surface area contributed by atoms with Gasteiger partial charge < -0.3 is 20.3 Å². The highest BCUT2D eigenvalue weighted by atomic mass is 16.6. The van der Waals surface area contributed by atoms with Crippen molar-refractivity contribution in [2.24, 2.45) is 0 Å². The molecular formula is C19H27NO4. The van der Waals surface area contributed by atoms with Gasteiger partial charge in [-0.3, -0.25) is 0 Å². The Kier molecular flexibility index (Phi) is 5.48. The van der Waals surface area contributed by atoms with E-state index in [2.05, 4.69) is 5.32 Å². The summed E-state index contributed by atoms with van der Waals surface area (Å²) < 4.78 is 5.52. The zero-order valence-electron chi connectivity index (χ0n) is 14.0. The highest BCUT2D eigenvalue weighted by Gasteiger charge is 2.26. The molecule has 3 rings (SSSR count). The fourth-order valence-electron chi connectivity index (χ4n) is 3.96. The first-order valence-electron chi connectivity index (χ1n) is 9.11. The molecule has 0 aromatic heterocycles. The molecule has 0 spiro atoms. The van der Waals surface area contributed by atoms with Gasteiger partial charge in [-0.15, -0.1) is 0 Å². The molecule has 5 nitrogen and oxygen atoms in total. The third-order valence-electron chi connectivity index (χ3n) is 5.33. The molecule has 2 aliphatic rings. The fraction of sp³-hybridized carbons (Fsp3) is 0.632. The Morgan fingerprint density at radius 2 is 1.71 bits per heavy atom. The summed E-state index contributed by atoms with van der Waals surface area (Å²) in [6.07, 6.45) is 8.91. The number of phenolic OH excluding ortho intramolecular Hbond substituents is 2. The largest absolute Gasteiger partial charge is 0.508 e. The lowest BCUT2D eigenvalue weighted by molar-refractivity contribution is 0.0713. The van der Waals surface area contributed by atoms with Crippen molar-refractivity contribution in [3.8, 4) is 11.5 Å². The number of hydrogen-bond acceptors (Lipinski definition) is 4. The molecule has 0 atom stereocenters. The smallest absolute Gasteiger partial charge is 0.407 e. The molecule has 0 heterocycles. The number of ether oxygens (including phenoxy) is 1. The zero-order valence-corrected chi connectivity index (χ0v) is 14.0. The van der Waals surface area contributed by atoms with Gasteiger partial charge in [0.25, 0.3) is 0 Å². The third kappa shape index (κ3) is 4.34. The van der Waals surface area contributed by atoms with Crippen molar-refractivity contribution in [1.82, 2.24) is 5.32 Å². The summed E-state index contributed by atoms with van der Waals surface area (Å²) in [5.74, 6) is 0.512. The molecule has 3 N–H and O–H groups in total. The lowest BCUT2D eigenvalue weighted by Crippen LogP contribution is -2.39. The van der Waals surface area contributed by atoms with Crippen molar-refractivity contribution in [3.05, 3.63) is 23.8 Å². The first-order chi connectivity index (χ1) is 11.6. The van der Waals surface area contributed by atoms with E-state index in [9.17, 15) is 15.0 Å². The highest BCUT2D eigenvalue weighted by Crippen LogP contribution is 2.38. The number of carbonyl (C=O) groups is 1. The van der Waals surface area contributed by atoms with Crippen LogP contribution in [0.15, 0.2) is 18.2 Å². The number of carbonyl (C=O) groups excluding carboxylic acids is 1. The van der Waals surface area contributed by atoms with Crippen LogP contribution in [0.5, 0.6) is 11.5 Å². The topological polar surface area (TPSA) is 78.8 Å². The predicted octanol–water partition coefficient (Wildman–Crippen LogP) is 4.18. The molecule has 0 bridgehead atoms. The molecule has 1 aromatic carbocycles. The second kappa shape index (κ2) is 7.77. The molecule has 0 saturated heterocycles. The third-order valence-corrected chi connectivity index (χ3v) is 5.33. The van der Waals surface area contributed by atoms with E-state index >= 15 is 0 Å². The molecule has 0 radical (unpaired) electrons. The summed E-state index contributed by atoms with van der Waals surface area (Å²) in [4.78, 5) is 12.0. The summed E-state index contributed by atoms with van der Waals surface area (Å²) in [6.45, 7) is 0. The van der Waals surface area contributed by atoms with Gasteiger partial charge in [-0.05, 0) is 68.9 Å². The number of aromatic hydroxyl groups is 2. The van der Waals surface area contributed by atoms with E-state index in [4.69, 9.17) is 4.74 Å². The van der Waals surface area contributed by atoms with E-state index in [1.165, 1.54) is 12.5 Å². The van der Waals surface area contributed by atoms with Gasteiger partial charge >= 0.3 is 6.09 Å². The van der Waals surface area contributed by atoms with E-state index in [1.54, 1.807) is 12.1 Å². The Bertz CT molecular complexity index is 560. The van der Waals surface area contributed by atoms with Gasteiger partial charge in [0, 0.05) is 12.1 Å². The van der Waals surface area contributed by atoms with Gasteiger partial charge in [0.15, 0.2) is 0 Å². The van der Waals surface area contributed by atoms with E-state index in [-0.39, 0.29) is 35.7 Å². The number of rotatable bonds is 3. The van der Waals surface area contributed by atoms with Gasteiger partial charge in [0.05, 0.1) is 0 Å². The van der Waals surface area contributed by atoms with E-state index in [0.717, 1.165) is 56.9 Å². The molecule has 1 amide bonds. The van der Waals surface area contributed by atoms with E-state index in [1.807, 2.05) is 0 Å². The SMILES string of the molecule is O=C(NC1CCC(c2ccc(O)cc2O)CC1)OC1CCCCC1. The van der Waals surface area contributed by atoms with Gasteiger partial charge in [-0.25, -0.2) is 4.79 Å². The average Bonchev–Trinajstić information content (AvgIpc) is 2.57. The van der Waals surface area contributed by atoms with Crippen LogP contribution in [0, 0.1) is 0 Å². The minimum absolute atomic E-state index is 0.0806. The zero-order chi connectivity index (χ0) is 16.9. The maximum absolute atomic E-state index is 12.0. The Hall–Kier alpha value is -1.91. The first-order valence-corrected chi connectivity index (χ1v) is 9.11. The maximum Gasteiger partial charge on any atom is 0.407 e. The molecule has 0 unspecified atom stereocenters. The van der Waals surface area contributed by atoms with Crippen LogP contribution < -0.4 is 5.32 Å². The Balaban J connectivity index is 1.45. The highest BCUT2D eigenvalue weighted by molar-refractivity contribution is 5.67. The molecular weight excluding hydrogens is 306 g/mol. The van der Waals surface area contributed by atoms with Crippen molar-refractivity contribution >= 4 is 6.09 Å². The van der Waals surface area contributed by atoms with Crippen LogP contribution in [0.4, 0.5) is 4.79 Å². The Morgan fingerprint density at radius 1 is 1.00 bits per heavy atom. The maximum atomic E-state index is 12.0. The summed E-state index contributed by atoms with van der Waals surface area (Å²) in [5.41, 5.74) is 0.885. The van der Waals surface area contributed by atoms with Crippen LogP contribution in [0.2, 0.25) is 0 Å². The summed E-state index contributed by atoms with van der Waals surface area (Å²) in [5, 5.41) is 22.4. The first kappa shape index (κ1) is 16.9. The van der Waals surface area contributed by atoms with Gasteiger partial charge in [0.2, 0.25) is 0 Å². The number of nitrogens with one attached hydrogen (secondary N) is 1. The normalized spacial score (nSPS) is 25.2. The quantitative estimate of drug-likeness (QED) is 0.775. The predicted molar refractivity (Wildman–Crippen MR) is 91.3 cm³/mol. The molecule has 132 valence electrons. The van der Waals surface area contributed by atoms with Gasteiger partial charge in [-0.1, -0.05) is 12.5 Å². The van der Waals surface area contributed by atoms with Crippen molar-refractivity contribution < 1.29 is 19.7 Å². The standard InChI is InChI=1S/C19H27NO4/c21-15-10-11-17(18(22)12-15)13-6-8-14(9-7-13)20-19(23)24-16-4-2-1-3-5-16/h10-14,16,21-22H,1-9H2,(H,20,23). The van der Waals surface area contributed by atoms with Crippen LogP contribution in [-0.4, -0.2) is 28.5 Å². The van der Waals surface area contributed by atoms with E-state index < -0.39 is 0 Å². The number of phenols is 2. The lowest BCUT2D eigenvalue weighted by atomic mass is 9.81. The molecule has 24 heavy (non-hydrogen) atoms. The molecule has 1 aromatic rings. The van der Waals surface area contributed by atoms with Crippen LogP contribution in [-0.2, 0) is 4.74 Å². The minimum atomic E-state index is -0.280. The van der Waals surface area contributed by atoms with E-state index in [0.29, 0.717) is 0 Å². The molecule has 5 heteroatoms. The van der Waals surface area contributed by atoms with Crippen LogP contribution in [0.3, 0.4) is 0 Å². The molecule has 0 aliphatic heterocycles. The number of amides is 1. The average molecular weight is 333 g/mol. The number of benzene rings is 1. The van der Waals surface area contributed by atoms with Crippen LogP contribution >= 0.6 is 0 Å². The molecule has 2 saturated carbocycles. The lowest BCUT2D eigenvalue weighted by Gasteiger charge is -2.30. The molecule has 2 aliphatic carbocycles. The Labute approximate surface area is 143 Å². The molecule has 2 fully saturated rings. The second-order valence-corrected chi connectivity index (χ2v) is 7.10. The second-order valence-electron chi connectivity index (χ2n) is 7.10. The number of hydrogen-bond donors (Lipinski definition) is 3. The van der Waals surface area contributed by atoms with Crippen LogP contribution in [0.25, 0.3) is 0 Å². The summed E-state index contributed by atoms with van der Waals surface area (Å²) >= 11 is 0. The minimum Gasteiger partial charge on any atom is -0.508 e. The van der Waals surface area contributed by atoms with Crippen molar-refractivity contribution in [2.75, 3.05) is 0 Å². The van der Waals surface area contributed by atoms with Crippen molar-refractivity contribution in [1.29, 1.82) is 0 Å². The summed E-state index contributed by atoms with van der Waals surface area (Å²) in [7, 11) is 0. The van der Waals surface area contributed by atoms with Crippen molar-refractivity contribution in [2.45, 2.75) is 75.9 Å². The van der Waals surface area contributed by atoms with Gasteiger partial charge in [0.1, 0.15) is 17.6 Å². The summed E-state index contributed by atoms with van der Waals surface area (Å²) in [6, 6.07) is 4.94. The number of alkyl carbamates (subject to hydrolysis) is 1. The Morgan fingerprint density at radius 3 is 2.38 bits per heavy atom. The van der Waals surface area contributed by atoms with Crippen molar-refractivity contribution in [3.63, 3.8) is 0 Å². The fourth-order valence-corrected chi connectivity index (χ4v) is 3.96. The van der Waals surface area contributed by atoms with Gasteiger partial charge in [-0.2, -0.15) is 0 Å².